The van der Waals surface area contributed by atoms with Crippen LogP contribution >= 0.6 is 11.9 Å². The van der Waals surface area contributed by atoms with Crippen LogP contribution in [-0.2, 0) is 6.54 Å². The van der Waals surface area contributed by atoms with Crippen LogP contribution in [0.15, 0.2) is 42.5 Å². The molecule has 0 aliphatic heterocycles. The largest absolute Gasteiger partial charge is 0.497 e. The average molecular weight is 382 g/mol. The molecule has 27 heavy (non-hydrogen) atoms. The smallest absolute Gasteiger partial charge is 0.120 e. The number of benzene rings is 2. The van der Waals surface area contributed by atoms with Gasteiger partial charge in [-0.05, 0) is 36.8 Å². The predicted molar refractivity (Wildman–Crippen MR) is 112 cm³/mol. The topological polar surface area (TPSA) is 61.4 Å². The van der Waals surface area contributed by atoms with E-state index in [0.717, 1.165) is 40.1 Å². The monoisotopic (exact) mass is 381 g/mol. The van der Waals surface area contributed by atoms with E-state index in [4.69, 9.17) is 4.74 Å². The number of aryl methyl sites for hydroxylation is 1. The summed E-state index contributed by atoms with van der Waals surface area (Å²) in [5.74, 6) is 0.778. The summed E-state index contributed by atoms with van der Waals surface area (Å²) in [5.41, 5.74) is 4.63. The van der Waals surface area contributed by atoms with E-state index in [-0.39, 0.29) is 6.61 Å². The van der Waals surface area contributed by atoms with Crippen LogP contribution in [-0.4, -0.2) is 36.2 Å². The van der Waals surface area contributed by atoms with E-state index < -0.39 is 0 Å². The minimum atomic E-state index is 0.104. The van der Waals surface area contributed by atoms with E-state index >= 15 is 0 Å². The van der Waals surface area contributed by atoms with Crippen molar-refractivity contribution in [2.75, 3.05) is 30.8 Å². The molecule has 0 saturated heterocycles. The molecule has 2 aromatic carbocycles. The summed E-state index contributed by atoms with van der Waals surface area (Å²) in [6.45, 7) is 3.50. The van der Waals surface area contributed by atoms with Crippen LogP contribution in [0, 0.1) is 11.3 Å². The minimum absolute atomic E-state index is 0.104. The molecule has 6 heteroatoms. The van der Waals surface area contributed by atoms with Crippen molar-refractivity contribution in [3.63, 3.8) is 0 Å². The van der Waals surface area contributed by atoms with E-state index in [1.54, 1.807) is 19.1 Å². The van der Waals surface area contributed by atoms with E-state index in [2.05, 4.69) is 17.6 Å². The first-order chi connectivity index (χ1) is 13.2. The Bertz CT molecular complexity index is 974. The summed E-state index contributed by atoms with van der Waals surface area (Å²) in [4.78, 5) is 0. The van der Waals surface area contributed by atoms with Crippen molar-refractivity contribution < 1.29 is 9.84 Å². The first-order valence-corrected chi connectivity index (χ1v) is 9.99. The van der Waals surface area contributed by atoms with Gasteiger partial charge in [-0.25, -0.2) is 0 Å². The number of methoxy groups -OCH3 is 1. The maximum absolute atomic E-state index is 9.83. The van der Waals surface area contributed by atoms with Gasteiger partial charge in [-0.3, -0.25) is 0 Å². The molecule has 0 spiro atoms. The fourth-order valence-corrected chi connectivity index (χ4v) is 4.00. The highest BCUT2D eigenvalue weighted by Gasteiger charge is 2.18. The molecule has 0 atom stereocenters. The van der Waals surface area contributed by atoms with Crippen molar-refractivity contribution in [3.8, 4) is 23.1 Å². The quantitative estimate of drug-likeness (QED) is 0.619. The minimum Gasteiger partial charge on any atom is -0.497 e. The van der Waals surface area contributed by atoms with Gasteiger partial charge in [-0.15, -0.1) is 0 Å². The fourth-order valence-electron chi connectivity index (χ4n) is 3.40. The van der Waals surface area contributed by atoms with Gasteiger partial charge in [0.05, 0.1) is 37.0 Å². The second-order valence-electron chi connectivity index (χ2n) is 6.02. The van der Waals surface area contributed by atoms with Gasteiger partial charge >= 0.3 is 0 Å². The lowest BCUT2D eigenvalue weighted by Crippen LogP contribution is -2.17. The van der Waals surface area contributed by atoms with E-state index in [0.29, 0.717) is 12.1 Å². The number of nitrogens with zero attached hydrogens (tertiary/aromatic N) is 3. The third-order valence-corrected chi connectivity index (χ3v) is 5.49. The van der Waals surface area contributed by atoms with Crippen molar-refractivity contribution in [2.24, 2.45) is 0 Å². The Hall–Kier alpha value is -2.62. The first-order valence-electron chi connectivity index (χ1n) is 8.81. The van der Waals surface area contributed by atoms with E-state index in [1.807, 2.05) is 53.0 Å². The molecule has 0 bridgehead atoms. The molecule has 0 fully saturated rings. The first kappa shape index (κ1) is 19.2. The number of aliphatic hydroxyl groups is 1. The molecule has 0 aliphatic carbocycles. The lowest BCUT2D eigenvalue weighted by atomic mass is 10.1. The Balaban J connectivity index is 2.14. The predicted octanol–water partition coefficient (Wildman–Crippen LogP) is 4.29. The highest BCUT2D eigenvalue weighted by atomic mass is 32.2. The number of anilines is 1. The van der Waals surface area contributed by atoms with E-state index in [1.165, 1.54) is 0 Å². The van der Waals surface area contributed by atoms with Crippen LogP contribution in [0.5, 0.6) is 5.75 Å². The van der Waals surface area contributed by atoms with Gasteiger partial charge in [0, 0.05) is 29.9 Å². The van der Waals surface area contributed by atoms with Gasteiger partial charge < -0.3 is 18.7 Å². The third-order valence-electron chi connectivity index (χ3n) is 4.65. The van der Waals surface area contributed by atoms with Crippen LogP contribution in [0.1, 0.15) is 12.5 Å². The highest BCUT2D eigenvalue weighted by Crippen LogP contribution is 2.36. The zero-order valence-corrected chi connectivity index (χ0v) is 16.6. The number of hydrogen-bond donors (Lipinski definition) is 1. The molecule has 0 unspecified atom stereocenters. The molecule has 1 N–H and O–H groups in total. The Morgan fingerprint density at radius 2 is 1.96 bits per heavy atom. The van der Waals surface area contributed by atoms with Gasteiger partial charge in [-0.2, -0.15) is 5.26 Å². The lowest BCUT2D eigenvalue weighted by molar-refractivity contribution is 0.308. The number of aromatic nitrogens is 1. The Morgan fingerprint density at radius 1 is 1.22 bits per heavy atom. The van der Waals surface area contributed by atoms with Gasteiger partial charge in [0.25, 0.3) is 0 Å². The molecule has 3 aromatic rings. The van der Waals surface area contributed by atoms with Crippen LogP contribution in [0.2, 0.25) is 0 Å². The average Bonchev–Trinajstić information content (AvgIpc) is 3.04. The maximum Gasteiger partial charge on any atom is 0.120 e. The Kier molecular flexibility index (Phi) is 5.94. The van der Waals surface area contributed by atoms with Crippen molar-refractivity contribution in [1.82, 2.24) is 4.57 Å². The lowest BCUT2D eigenvalue weighted by Gasteiger charge is -2.20. The van der Waals surface area contributed by atoms with Gasteiger partial charge in [0.15, 0.2) is 0 Å². The van der Waals surface area contributed by atoms with Gasteiger partial charge in [-0.1, -0.05) is 24.1 Å². The number of ether oxygens (including phenoxy) is 1. The van der Waals surface area contributed by atoms with E-state index in [9.17, 15) is 10.4 Å². The number of rotatable bonds is 7. The fraction of sp³-hybridized carbons (Fsp3) is 0.286. The molecular formula is C21H23N3O2S. The van der Waals surface area contributed by atoms with Crippen molar-refractivity contribution in [2.45, 2.75) is 13.5 Å². The maximum atomic E-state index is 9.83. The number of aliphatic hydroxyl groups excluding tert-OH is 1. The molecule has 0 amide bonds. The second-order valence-corrected chi connectivity index (χ2v) is 6.82. The second kappa shape index (κ2) is 8.38. The summed E-state index contributed by atoms with van der Waals surface area (Å²) in [5, 5.41) is 20.0. The van der Waals surface area contributed by atoms with Crippen LogP contribution in [0.3, 0.4) is 0 Å². The number of hydrogen-bond acceptors (Lipinski definition) is 5. The normalized spacial score (nSPS) is 10.8. The molecule has 0 aliphatic rings. The van der Waals surface area contributed by atoms with Crippen molar-refractivity contribution >= 4 is 28.5 Å². The highest BCUT2D eigenvalue weighted by molar-refractivity contribution is 7.99. The summed E-state index contributed by atoms with van der Waals surface area (Å²) in [6.07, 6.45) is 1.99. The van der Waals surface area contributed by atoms with Crippen molar-refractivity contribution in [1.29, 1.82) is 5.26 Å². The standard InChI is InChI=1S/C21H23N3O2S/c1-4-23-20-13-17(26-2)9-10-18(20)19(14-22)21(23)15-5-7-16(8-6-15)24(27-3)11-12-25/h5-10,13,25H,4,11-12H2,1-3H3. The Labute approximate surface area is 163 Å². The molecule has 3 rings (SSSR count). The summed E-state index contributed by atoms with van der Waals surface area (Å²) < 4.78 is 9.56. The molecular weight excluding hydrogens is 358 g/mol. The van der Waals surface area contributed by atoms with Crippen molar-refractivity contribution in [3.05, 3.63) is 48.0 Å². The summed E-state index contributed by atoms with van der Waals surface area (Å²) in [6, 6.07) is 16.3. The SMILES string of the molecule is CCn1c(-c2ccc(N(CCO)SC)cc2)c(C#N)c2ccc(OC)cc21. The Morgan fingerprint density at radius 3 is 2.52 bits per heavy atom. The van der Waals surface area contributed by atoms with Gasteiger partial charge in [0.2, 0.25) is 0 Å². The molecule has 140 valence electrons. The summed E-state index contributed by atoms with van der Waals surface area (Å²) >= 11 is 1.57. The van der Waals surface area contributed by atoms with Crippen LogP contribution < -0.4 is 9.04 Å². The zero-order valence-electron chi connectivity index (χ0n) is 15.8. The molecule has 1 aromatic heterocycles. The van der Waals surface area contributed by atoms with Gasteiger partial charge in [0.1, 0.15) is 11.8 Å². The molecule has 1 heterocycles. The number of nitriles is 1. The molecule has 5 nitrogen and oxygen atoms in total. The molecule has 0 radical (unpaired) electrons. The summed E-state index contributed by atoms with van der Waals surface area (Å²) in [7, 11) is 1.65. The van der Waals surface area contributed by atoms with Crippen LogP contribution in [0.4, 0.5) is 5.69 Å². The molecule has 0 saturated carbocycles. The van der Waals surface area contributed by atoms with Crippen LogP contribution in [0.25, 0.3) is 22.2 Å². The zero-order chi connectivity index (χ0) is 19.4. The number of fused-ring (bicyclic) bond motifs is 1. The third kappa shape index (κ3) is 3.48.